The second-order valence-electron chi connectivity index (χ2n) is 10.2. The molecule has 0 saturated carbocycles. The molecule has 1 atom stereocenters. The molecule has 4 aromatic carbocycles. The van der Waals surface area contributed by atoms with Crippen molar-refractivity contribution >= 4 is 66.7 Å². The quantitative estimate of drug-likeness (QED) is 0.171. The molecule has 4 aromatic rings. The Morgan fingerprint density at radius 2 is 1.55 bits per heavy atom. The molecule has 0 aromatic heterocycles. The van der Waals surface area contributed by atoms with Crippen molar-refractivity contribution in [1.29, 1.82) is 0 Å². The van der Waals surface area contributed by atoms with Crippen LogP contribution in [0.1, 0.15) is 23.6 Å². The highest BCUT2D eigenvalue weighted by Crippen LogP contribution is 2.33. The van der Waals surface area contributed by atoms with Crippen molar-refractivity contribution in [3.8, 4) is 0 Å². The number of nitrogens with zero attached hydrogens (tertiary/aromatic N) is 2. The van der Waals surface area contributed by atoms with Crippen LogP contribution in [0.5, 0.6) is 0 Å². The van der Waals surface area contributed by atoms with E-state index < -0.39 is 28.5 Å². The van der Waals surface area contributed by atoms with E-state index >= 15 is 0 Å². The van der Waals surface area contributed by atoms with Crippen LogP contribution in [-0.4, -0.2) is 44.3 Å². The molecule has 11 heteroatoms. The van der Waals surface area contributed by atoms with Crippen LogP contribution < -0.4 is 9.62 Å². The van der Waals surface area contributed by atoms with Crippen molar-refractivity contribution in [2.24, 2.45) is 0 Å². The molecule has 44 heavy (non-hydrogen) atoms. The summed E-state index contributed by atoms with van der Waals surface area (Å²) in [7, 11) is -4.30. The van der Waals surface area contributed by atoms with Gasteiger partial charge in [-0.05, 0) is 67.4 Å². The van der Waals surface area contributed by atoms with Crippen LogP contribution in [0, 0.1) is 6.92 Å². The third-order valence-electron chi connectivity index (χ3n) is 6.95. The van der Waals surface area contributed by atoms with E-state index in [1.807, 2.05) is 61.5 Å². The highest BCUT2D eigenvalue weighted by Gasteiger charge is 2.35. The number of amides is 2. The van der Waals surface area contributed by atoms with E-state index in [4.69, 9.17) is 23.2 Å². The van der Waals surface area contributed by atoms with E-state index in [9.17, 15) is 18.0 Å². The molecule has 0 aliphatic rings. The number of carbonyl (C=O) groups excluding carboxylic acids is 2. The van der Waals surface area contributed by atoms with E-state index in [1.165, 1.54) is 35.2 Å². The van der Waals surface area contributed by atoms with Gasteiger partial charge >= 0.3 is 0 Å². The molecule has 2 amide bonds. The summed E-state index contributed by atoms with van der Waals surface area (Å²) in [5.74, 6) is -0.942. The standard InChI is InChI=1S/C33H32BrCl2N3O4S/c1-3-37-33(41)31(19-24-7-5-4-6-8-24)38(21-25-11-13-26(34)14-12-25)32(40)22-39(30-20-27(35)15-18-29(30)36)44(42,43)28-16-9-23(2)10-17-28/h4-18,20,31H,3,19,21-22H2,1-2H3,(H,37,41)/t31-/m0/s1. The summed E-state index contributed by atoms with van der Waals surface area (Å²) in [5, 5.41) is 3.19. The van der Waals surface area contributed by atoms with Gasteiger partial charge in [0.15, 0.2) is 0 Å². The molecule has 0 saturated heterocycles. The van der Waals surface area contributed by atoms with Crippen LogP contribution >= 0.6 is 39.1 Å². The first kappa shape index (κ1) is 33.5. The number of hydrogen-bond acceptors (Lipinski definition) is 4. The fourth-order valence-electron chi connectivity index (χ4n) is 4.66. The summed E-state index contributed by atoms with van der Waals surface area (Å²) in [4.78, 5) is 29.4. The van der Waals surface area contributed by atoms with Gasteiger partial charge in [0, 0.05) is 29.0 Å². The Hall–Kier alpha value is -3.37. The lowest BCUT2D eigenvalue weighted by Crippen LogP contribution is -2.53. The second-order valence-corrected chi connectivity index (χ2v) is 13.8. The maximum atomic E-state index is 14.4. The van der Waals surface area contributed by atoms with Gasteiger partial charge in [0.1, 0.15) is 12.6 Å². The smallest absolute Gasteiger partial charge is 0.264 e. The number of nitrogens with one attached hydrogen (secondary N) is 1. The third kappa shape index (κ3) is 8.41. The molecule has 230 valence electrons. The minimum absolute atomic E-state index is 0.0176. The molecule has 0 aliphatic heterocycles. The van der Waals surface area contributed by atoms with Gasteiger partial charge in [-0.3, -0.25) is 13.9 Å². The molecule has 0 radical (unpaired) electrons. The van der Waals surface area contributed by atoms with Gasteiger partial charge in [0.05, 0.1) is 15.6 Å². The van der Waals surface area contributed by atoms with E-state index in [0.717, 1.165) is 25.5 Å². The van der Waals surface area contributed by atoms with Crippen LogP contribution in [0.3, 0.4) is 0 Å². The maximum absolute atomic E-state index is 14.4. The molecule has 0 spiro atoms. The van der Waals surface area contributed by atoms with Crippen LogP contribution in [0.2, 0.25) is 10.0 Å². The fourth-order valence-corrected chi connectivity index (χ4v) is 6.79. The largest absolute Gasteiger partial charge is 0.355 e. The molecule has 4 rings (SSSR count). The zero-order valence-corrected chi connectivity index (χ0v) is 28.1. The zero-order valence-electron chi connectivity index (χ0n) is 24.2. The Labute approximate surface area is 277 Å². The van der Waals surface area contributed by atoms with Crippen molar-refractivity contribution in [3.05, 3.63) is 128 Å². The van der Waals surface area contributed by atoms with Crippen molar-refractivity contribution in [2.45, 2.75) is 37.8 Å². The summed E-state index contributed by atoms with van der Waals surface area (Å²) < 4.78 is 30.1. The molecule has 7 nitrogen and oxygen atoms in total. The number of likely N-dealkylation sites (N-methyl/N-ethyl adjacent to an activating group) is 1. The fraction of sp³-hybridized carbons (Fsp3) is 0.212. The Morgan fingerprint density at radius 1 is 0.886 bits per heavy atom. The minimum atomic E-state index is -4.30. The summed E-state index contributed by atoms with van der Waals surface area (Å²) in [6.45, 7) is 3.44. The van der Waals surface area contributed by atoms with Gasteiger partial charge in [-0.25, -0.2) is 8.42 Å². The van der Waals surface area contributed by atoms with Crippen LogP contribution in [0.25, 0.3) is 0 Å². The third-order valence-corrected chi connectivity index (χ3v) is 9.81. The van der Waals surface area contributed by atoms with Crippen LogP contribution in [0.4, 0.5) is 5.69 Å². The molecule has 0 aliphatic carbocycles. The summed E-state index contributed by atoms with van der Waals surface area (Å²) in [6, 6.07) is 26.5. The number of benzene rings is 4. The normalized spacial score (nSPS) is 11.9. The van der Waals surface area contributed by atoms with Gasteiger partial charge in [-0.15, -0.1) is 0 Å². The molecular weight excluding hydrogens is 685 g/mol. The minimum Gasteiger partial charge on any atom is -0.355 e. The first-order chi connectivity index (χ1) is 21.0. The summed E-state index contributed by atoms with van der Waals surface area (Å²) in [5.41, 5.74) is 2.53. The van der Waals surface area contributed by atoms with Crippen molar-refractivity contribution in [3.63, 3.8) is 0 Å². The van der Waals surface area contributed by atoms with Gasteiger partial charge in [0.2, 0.25) is 11.8 Å². The number of hydrogen-bond donors (Lipinski definition) is 1. The average Bonchev–Trinajstić information content (AvgIpc) is 3.00. The molecule has 0 fully saturated rings. The Morgan fingerprint density at radius 3 is 2.18 bits per heavy atom. The molecule has 0 unspecified atom stereocenters. The average molecular weight is 718 g/mol. The van der Waals surface area contributed by atoms with Crippen molar-refractivity contribution < 1.29 is 18.0 Å². The van der Waals surface area contributed by atoms with Gasteiger partial charge in [-0.1, -0.05) is 99.3 Å². The Kier molecular flexibility index (Phi) is 11.5. The topological polar surface area (TPSA) is 86.8 Å². The van der Waals surface area contributed by atoms with E-state index in [0.29, 0.717) is 6.54 Å². The zero-order chi connectivity index (χ0) is 31.9. The molecule has 1 N–H and O–H groups in total. The predicted octanol–water partition coefficient (Wildman–Crippen LogP) is 7.04. The number of rotatable bonds is 12. The summed E-state index contributed by atoms with van der Waals surface area (Å²) in [6.07, 6.45) is 0.220. The van der Waals surface area contributed by atoms with E-state index in [2.05, 4.69) is 21.2 Å². The Balaban J connectivity index is 1.82. The number of carbonyl (C=O) groups is 2. The number of sulfonamides is 1. The van der Waals surface area contributed by atoms with Crippen LogP contribution in [0.15, 0.2) is 106 Å². The molecular formula is C33H32BrCl2N3O4S. The first-order valence-electron chi connectivity index (χ1n) is 13.9. The monoisotopic (exact) mass is 715 g/mol. The lowest BCUT2D eigenvalue weighted by atomic mass is 10.0. The number of anilines is 1. The SMILES string of the molecule is CCNC(=O)[C@H](Cc1ccccc1)N(Cc1ccc(Br)cc1)C(=O)CN(c1cc(Cl)ccc1Cl)S(=O)(=O)c1ccc(C)cc1. The van der Waals surface area contributed by atoms with Crippen LogP contribution in [-0.2, 0) is 32.6 Å². The lowest BCUT2D eigenvalue weighted by molar-refractivity contribution is -0.140. The highest BCUT2D eigenvalue weighted by atomic mass is 79.9. The van der Waals surface area contributed by atoms with Gasteiger partial charge in [0.25, 0.3) is 10.0 Å². The van der Waals surface area contributed by atoms with Crippen molar-refractivity contribution in [2.75, 3.05) is 17.4 Å². The lowest BCUT2D eigenvalue weighted by Gasteiger charge is -2.34. The maximum Gasteiger partial charge on any atom is 0.264 e. The predicted molar refractivity (Wildman–Crippen MR) is 179 cm³/mol. The van der Waals surface area contributed by atoms with E-state index in [1.54, 1.807) is 19.1 Å². The molecule has 0 heterocycles. The van der Waals surface area contributed by atoms with Gasteiger partial charge < -0.3 is 10.2 Å². The highest BCUT2D eigenvalue weighted by molar-refractivity contribution is 9.10. The van der Waals surface area contributed by atoms with Gasteiger partial charge in [-0.2, -0.15) is 0 Å². The number of halogens is 3. The summed E-state index contributed by atoms with van der Waals surface area (Å²) >= 11 is 16.2. The Bertz CT molecular complexity index is 1700. The molecule has 0 bridgehead atoms. The first-order valence-corrected chi connectivity index (χ1v) is 16.9. The van der Waals surface area contributed by atoms with E-state index in [-0.39, 0.29) is 39.5 Å². The van der Waals surface area contributed by atoms with Crippen molar-refractivity contribution in [1.82, 2.24) is 10.2 Å². The second kappa shape index (κ2) is 15.1. The number of aryl methyl sites for hydroxylation is 1.